The Morgan fingerprint density at radius 3 is 2.57 bits per heavy atom. The molecule has 4 rings (SSSR count). The fraction of sp³-hybridized carbons (Fsp3) is 0.167. The lowest BCUT2D eigenvalue weighted by atomic mass is 10.0. The van der Waals surface area contributed by atoms with Crippen LogP contribution in [0.15, 0.2) is 69.9 Å². The number of ether oxygens (including phenoxy) is 1. The number of Topliss-reactive ketones (excluding diaryl/α,β-unsaturated/α-hetero) is 1. The van der Waals surface area contributed by atoms with E-state index in [0.717, 1.165) is 27.3 Å². The van der Waals surface area contributed by atoms with E-state index in [0.29, 0.717) is 23.3 Å². The molecule has 28 heavy (non-hydrogen) atoms. The summed E-state index contributed by atoms with van der Waals surface area (Å²) < 4.78 is 11.2. The van der Waals surface area contributed by atoms with Gasteiger partial charge in [0.25, 0.3) is 0 Å². The number of carbonyl (C=O) groups excluding carboxylic acids is 1. The molecule has 1 heterocycles. The van der Waals surface area contributed by atoms with E-state index in [1.54, 1.807) is 0 Å². The van der Waals surface area contributed by atoms with Crippen LogP contribution in [0.1, 0.15) is 28.4 Å². The molecule has 0 atom stereocenters. The molecule has 0 fully saturated rings. The summed E-state index contributed by atoms with van der Waals surface area (Å²) in [5, 5.41) is 2.86. The molecule has 0 bridgehead atoms. The van der Waals surface area contributed by atoms with Gasteiger partial charge in [-0.3, -0.25) is 4.79 Å². The van der Waals surface area contributed by atoms with Crippen molar-refractivity contribution in [1.82, 2.24) is 0 Å². The molecule has 4 nitrogen and oxygen atoms in total. The maximum atomic E-state index is 12.7. The minimum Gasteiger partial charge on any atom is -0.485 e. The Morgan fingerprint density at radius 1 is 1.00 bits per heavy atom. The lowest BCUT2D eigenvalue weighted by Gasteiger charge is -2.12. The Balaban J connectivity index is 1.66. The molecule has 0 saturated heterocycles. The van der Waals surface area contributed by atoms with Gasteiger partial charge in [-0.25, -0.2) is 4.79 Å². The second-order valence-corrected chi connectivity index (χ2v) is 6.85. The zero-order valence-electron chi connectivity index (χ0n) is 15.8. The van der Waals surface area contributed by atoms with Crippen molar-refractivity contribution in [3.8, 4) is 5.75 Å². The molecule has 0 N–H and O–H groups in total. The molecule has 0 aliphatic heterocycles. The number of hydrogen-bond donors (Lipinski definition) is 0. The number of hydrogen-bond acceptors (Lipinski definition) is 4. The van der Waals surface area contributed by atoms with Crippen LogP contribution in [0.5, 0.6) is 5.75 Å². The highest BCUT2D eigenvalue weighted by molar-refractivity contribution is 6.01. The summed E-state index contributed by atoms with van der Waals surface area (Å²) in [5.74, 6) is 0.459. The largest absolute Gasteiger partial charge is 0.485 e. The fourth-order valence-electron chi connectivity index (χ4n) is 3.45. The van der Waals surface area contributed by atoms with E-state index in [-0.39, 0.29) is 18.0 Å². The lowest BCUT2D eigenvalue weighted by Crippen LogP contribution is -2.12. The van der Waals surface area contributed by atoms with Gasteiger partial charge in [0.05, 0.1) is 5.39 Å². The van der Waals surface area contributed by atoms with E-state index < -0.39 is 0 Å². The standard InChI is InChI=1S/C24H20O4/c1-3-16-13-23(26)28-22-11-15(2)10-21(24(16)22)27-14-20(25)19-9-8-17-6-4-5-7-18(17)12-19/h4-13H,3,14H2,1-2H3. The Labute approximate surface area is 162 Å². The van der Waals surface area contributed by atoms with Gasteiger partial charge in [-0.15, -0.1) is 0 Å². The predicted octanol–water partition coefficient (Wildman–Crippen LogP) is 5.08. The summed E-state index contributed by atoms with van der Waals surface area (Å²) in [5.41, 5.74) is 2.46. The van der Waals surface area contributed by atoms with Gasteiger partial charge in [-0.05, 0) is 53.4 Å². The zero-order chi connectivity index (χ0) is 19.7. The zero-order valence-corrected chi connectivity index (χ0v) is 15.8. The van der Waals surface area contributed by atoms with Crippen molar-refractivity contribution in [2.24, 2.45) is 0 Å². The second kappa shape index (κ2) is 7.31. The smallest absolute Gasteiger partial charge is 0.336 e. The van der Waals surface area contributed by atoms with Crippen molar-refractivity contribution in [2.75, 3.05) is 6.61 Å². The van der Waals surface area contributed by atoms with E-state index in [9.17, 15) is 9.59 Å². The molecule has 0 spiro atoms. The Morgan fingerprint density at radius 2 is 1.79 bits per heavy atom. The van der Waals surface area contributed by atoms with Crippen molar-refractivity contribution < 1.29 is 13.9 Å². The van der Waals surface area contributed by atoms with Crippen LogP contribution in [-0.4, -0.2) is 12.4 Å². The third-order valence-electron chi connectivity index (χ3n) is 4.85. The van der Waals surface area contributed by atoms with Crippen LogP contribution in [-0.2, 0) is 6.42 Å². The average Bonchev–Trinajstić information content (AvgIpc) is 2.70. The normalized spacial score (nSPS) is 11.1. The molecule has 0 unspecified atom stereocenters. The van der Waals surface area contributed by atoms with Crippen LogP contribution in [0.4, 0.5) is 0 Å². The lowest BCUT2D eigenvalue weighted by molar-refractivity contribution is 0.0922. The molecular formula is C24H20O4. The average molecular weight is 372 g/mol. The van der Waals surface area contributed by atoms with E-state index in [4.69, 9.17) is 9.15 Å². The molecule has 4 aromatic rings. The van der Waals surface area contributed by atoms with Crippen molar-refractivity contribution in [3.05, 3.63) is 87.8 Å². The maximum absolute atomic E-state index is 12.7. The predicted molar refractivity (Wildman–Crippen MR) is 110 cm³/mol. The minimum atomic E-state index is -0.381. The van der Waals surface area contributed by atoms with E-state index in [2.05, 4.69) is 0 Å². The summed E-state index contributed by atoms with van der Waals surface area (Å²) in [6.45, 7) is 3.79. The molecule has 0 aliphatic rings. The number of aryl methyl sites for hydroxylation is 2. The quantitative estimate of drug-likeness (QED) is 0.362. The third kappa shape index (κ3) is 3.41. The van der Waals surface area contributed by atoms with Gasteiger partial charge in [0.2, 0.25) is 0 Å². The minimum absolute atomic E-state index is 0.0842. The third-order valence-corrected chi connectivity index (χ3v) is 4.85. The number of rotatable bonds is 5. The molecular weight excluding hydrogens is 352 g/mol. The van der Waals surface area contributed by atoms with Crippen LogP contribution in [0, 0.1) is 6.92 Å². The summed E-state index contributed by atoms with van der Waals surface area (Å²) >= 11 is 0. The fourth-order valence-corrected chi connectivity index (χ4v) is 3.45. The highest BCUT2D eigenvalue weighted by atomic mass is 16.5. The first-order valence-electron chi connectivity index (χ1n) is 9.27. The molecule has 0 radical (unpaired) electrons. The highest BCUT2D eigenvalue weighted by Gasteiger charge is 2.14. The molecule has 0 aliphatic carbocycles. The second-order valence-electron chi connectivity index (χ2n) is 6.85. The van der Waals surface area contributed by atoms with Gasteiger partial charge < -0.3 is 9.15 Å². The number of carbonyl (C=O) groups is 1. The maximum Gasteiger partial charge on any atom is 0.336 e. The van der Waals surface area contributed by atoms with Crippen molar-refractivity contribution in [2.45, 2.75) is 20.3 Å². The molecule has 3 aromatic carbocycles. The first-order chi connectivity index (χ1) is 13.5. The van der Waals surface area contributed by atoms with Gasteiger partial charge >= 0.3 is 5.63 Å². The Bertz CT molecular complexity index is 1250. The van der Waals surface area contributed by atoms with Crippen molar-refractivity contribution in [3.63, 3.8) is 0 Å². The Kier molecular flexibility index (Phi) is 4.70. The van der Waals surface area contributed by atoms with Crippen LogP contribution in [0.3, 0.4) is 0 Å². The number of fused-ring (bicyclic) bond motifs is 2. The first-order valence-corrected chi connectivity index (χ1v) is 9.27. The van der Waals surface area contributed by atoms with Gasteiger partial charge in [0.15, 0.2) is 12.4 Å². The first kappa shape index (κ1) is 18.0. The Hall–Kier alpha value is -3.40. The van der Waals surface area contributed by atoms with E-state index in [1.165, 1.54) is 6.07 Å². The van der Waals surface area contributed by atoms with Gasteiger partial charge in [0.1, 0.15) is 11.3 Å². The van der Waals surface area contributed by atoms with Crippen LogP contribution in [0.2, 0.25) is 0 Å². The molecule has 140 valence electrons. The topological polar surface area (TPSA) is 56.5 Å². The number of benzene rings is 3. The SMILES string of the molecule is CCc1cc(=O)oc2cc(C)cc(OCC(=O)c3ccc4ccccc4c3)c12. The van der Waals surface area contributed by atoms with Gasteiger partial charge in [0, 0.05) is 11.6 Å². The summed E-state index contributed by atoms with van der Waals surface area (Å²) in [6, 6.07) is 18.7. The molecule has 1 aromatic heterocycles. The summed E-state index contributed by atoms with van der Waals surface area (Å²) in [6.07, 6.45) is 0.667. The molecule has 0 saturated carbocycles. The number of ketones is 1. The van der Waals surface area contributed by atoms with Crippen LogP contribution in [0.25, 0.3) is 21.7 Å². The van der Waals surface area contributed by atoms with Gasteiger partial charge in [-0.2, -0.15) is 0 Å². The molecule has 0 amide bonds. The van der Waals surface area contributed by atoms with Crippen molar-refractivity contribution in [1.29, 1.82) is 0 Å². The monoisotopic (exact) mass is 372 g/mol. The van der Waals surface area contributed by atoms with Crippen LogP contribution >= 0.6 is 0 Å². The highest BCUT2D eigenvalue weighted by Crippen LogP contribution is 2.30. The van der Waals surface area contributed by atoms with Gasteiger partial charge in [-0.1, -0.05) is 43.3 Å². The summed E-state index contributed by atoms with van der Waals surface area (Å²) in [4.78, 5) is 24.5. The van der Waals surface area contributed by atoms with Crippen molar-refractivity contribution >= 4 is 27.5 Å². The van der Waals surface area contributed by atoms with E-state index >= 15 is 0 Å². The summed E-state index contributed by atoms with van der Waals surface area (Å²) in [7, 11) is 0. The molecule has 4 heteroatoms. The van der Waals surface area contributed by atoms with Crippen LogP contribution < -0.4 is 10.4 Å². The van der Waals surface area contributed by atoms with E-state index in [1.807, 2.05) is 68.4 Å².